The number of nitrogens with two attached hydrogens (primary N) is 1. The molecule has 0 saturated heterocycles. The molecule has 0 amide bonds. The van der Waals surface area contributed by atoms with Crippen molar-refractivity contribution in [1.29, 1.82) is 0 Å². The molecular formula is C7H12N2O3S. The van der Waals surface area contributed by atoms with Gasteiger partial charge in [0.2, 0.25) is 0 Å². The summed E-state index contributed by atoms with van der Waals surface area (Å²) in [5.41, 5.74) is 2.79. The molecule has 0 aliphatic rings. The first-order chi connectivity index (χ1) is 6.06. The lowest BCUT2D eigenvalue weighted by Gasteiger charge is -2.24. The molecule has 0 unspecified atom stereocenters. The Hall–Kier alpha value is -0.630. The number of hydrogen-bond acceptors (Lipinski definition) is 5. The van der Waals surface area contributed by atoms with Gasteiger partial charge in [0.1, 0.15) is 10.9 Å². The lowest BCUT2D eigenvalue weighted by Crippen LogP contribution is -2.24. The third-order valence-electron chi connectivity index (χ3n) is 1.49. The quantitative estimate of drug-likeness (QED) is 0.441. The first-order valence-electron chi connectivity index (χ1n) is 3.55. The van der Waals surface area contributed by atoms with Gasteiger partial charge in [-0.3, -0.25) is 0 Å². The molecule has 0 spiro atoms. The van der Waals surface area contributed by atoms with E-state index in [4.69, 9.17) is 5.84 Å². The molecule has 6 heteroatoms. The second-order valence-electron chi connectivity index (χ2n) is 2.51. The predicted octanol–water partition coefficient (Wildman–Crippen LogP) is 1.41. The molecule has 5 nitrogen and oxygen atoms in total. The van der Waals surface area contributed by atoms with Gasteiger partial charge in [0.15, 0.2) is 0 Å². The number of aryl methyl sites for hydroxylation is 1. The molecule has 0 radical (unpaired) electrons. The first kappa shape index (κ1) is 10.5. The second kappa shape index (κ2) is 4.05. The lowest BCUT2D eigenvalue weighted by molar-refractivity contribution is 0.172. The van der Waals surface area contributed by atoms with E-state index in [1.54, 1.807) is 29.9 Å². The highest BCUT2D eigenvalue weighted by Gasteiger charge is 2.20. The average molecular weight is 204 g/mol. The molecule has 0 aromatic heterocycles. The summed E-state index contributed by atoms with van der Waals surface area (Å²) in [5, 5.41) is 0. The number of benzene rings is 1. The van der Waals surface area contributed by atoms with E-state index < -0.39 is 10.9 Å². The van der Waals surface area contributed by atoms with Crippen molar-refractivity contribution in [2.45, 2.75) is 11.8 Å². The van der Waals surface area contributed by atoms with Crippen molar-refractivity contribution >= 4 is 10.9 Å². The number of rotatable bonds is 3. The van der Waals surface area contributed by atoms with Gasteiger partial charge in [-0.05, 0) is 19.1 Å². The van der Waals surface area contributed by atoms with E-state index in [1.165, 1.54) is 0 Å². The van der Waals surface area contributed by atoms with Gasteiger partial charge in [-0.2, -0.15) is 4.28 Å². The fourth-order valence-corrected chi connectivity index (χ4v) is 1.55. The van der Waals surface area contributed by atoms with Gasteiger partial charge in [-0.1, -0.05) is 17.7 Å². The van der Waals surface area contributed by atoms with Crippen LogP contribution in [0.3, 0.4) is 0 Å². The van der Waals surface area contributed by atoms with E-state index in [2.05, 4.69) is 4.28 Å². The highest BCUT2D eigenvalue weighted by molar-refractivity contribution is 8.20. The zero-order valence-corrected chi connectivity index (χ0v) is 7.91. The molecule has 0 bridgehead atoms. The Bertz CT molecular complexity index is 276. The second-order valence-corrected chi connectivity index (χ2v) is 4.14. The summed E-state index contributed by atoms with van der Waals surface area (Å²) in [4.78, 5) is 0.288. The highest BCUT2D eigenvalue weighted by Crippen LogP contribution is 2.47. The van der Waals surface area contributed by atoms with Crippen LogP contribution in [0.4, 0.5) is 0 Å². The van der Waals surface area contributed by atoms with Crippen LogP contribution in [-0.4, -0.2) is 9.11 Å². The van der Waals surface area contributed by atoms with Gasteiger partial charge >= 0.3 is 0 Å². The third-order valence-corrected chi connectivity index (χ3v) is 2.71. The first-order valence-corrected chi connectivity index (χ1v) is 5.02. The maximum Gasteiger partial charge on any atom is 0.134 e. The van der Waals surface area contributed by atoms with Crippen LogP contribution in [-0.2, 0) is 4.28 Å². The third kappa shape index (κ3) is 2.66. The molecule has 13 heavy (non-hydrogen) atoms. The molecule has 0 saturated carbocycles. The van der Waals surface area contributed by atoms with Gasteiger partial charge in [-0.15, -0.1) is 5.59 Å². The molecule has 1 aromatic rings. The summed E-state index contributed by atoms with van der Waals surface area (Å²) in [7, 11) is -3.26. The van der Waals surface area contributed by atoms with Crippen LogP contribution in [0, 0.1) is 6.92 Å². The van der Waals surface area contributed by atoms with E-state index in [9.17, 15) is 9.11 Å². The Morgan fingerprint density at radius 1 is 1.31 bits per heavy atom. The maximum atomic E-state index is 9.35. The lowest BCUT2D eigenvalue weighted by atomic mass is 10.2. The van der Waals surface area contributed by atoms with E-state index in [1.807, 2.05) is 6.92 Å². The normalized spacial score (nSPS) is 12.9. The summed E-state index contributed by atoms with van der Waals surface area (Å²) in [6.45, 7) is 1.90. The van der Waals surface area contributed by atoms with Crippen LogP contribution in [0.1, 0.15) is 5.56 Å². The summed E-state index contributed by atoms with van der Waals surface area (Å²) in [6, 6.07) is 6.65. The fraction of sp³-hybridized carbons (Fsp3) is 0.143. The molecule has 0 aliphatic carbocycles. The Labute approximate surface area is 78.0 Å². The Kier molecular flexibility index (Phi) is 3.26. The fourth-order valence-electron chi connectivity index (χ4n) is 0.831. The van der Waals surface area contributed by atoms with Crippen LogP contribution >= 0.6 is 10.9 Å². The predicted molar refractivity (Wildman–Crippen MR) is 50.7 cm³/mol. The van der Waals surface area contributed by atoms with Crippen molar-refractivity contribution in [3.8, 4) is 0 Å². The van der Waals surface area contributed by atoms with Gasteiger partial charge < -0.3 is 9.11 Å². The van der Waals surface area contributed by atoms with Crippen molar-refractivity contribution in [2.75, 3.05) is 0 Å². The van der Waals surface area contributed by atoms with Crippen molar-refractivity contribution in [2.24, 2.45) is 5.84 Å². The molecule has 0 aliphatic heterocycles. The zero-order valence-electron chi connectivity index (χ0n) is 7.10. The summed E-state index contributed by atoms with van der Waals surface area (Å²) < 4.78 is 23.1. The maximum absolute atomic E-state index is 9.35. The molecule has 0 fully saturated rings. The summed E-state index contributed by atoms with van der Waals surface area (Å²) >= 11 is 0. The Morgan fingerprint density at radius 2 is 1.85 bits per heavy atom. The summed E-state index contributed by atoms with van der Waals surface area (Å²) in [5.74, 6) is 4.81. The molecule has 5 N–H and O–H groups in total. The minimum Gasteiger partial charge on any atom is -0.303 e. The Morgan fingerprint density at radius 3 is 2.31 bits per heavy atom. The minimum atomic E-state index is -3.26. The smallest absolute Gasteiger partial charge is 0.134 e. The molecule has 1 rings (SSSR count). The van der Waals surface area contributed by atoms with Crippen LogP contribution in [0.5, 0.6) is 0 Å². The van der Waals surface area contributed by atoms with Gasteiger partial charge in [-0.25, -0.2) is 5.84 Å². The van der Waals surface area contributed by atoms with Gasteiger partial charge in [0.05, 0.1) is 4.90 Å². The topological polar surface area (TPSA) is 87.7 Å². The molecular weight excluding hydrogens is 192 g/mol. The van der Waals surface area contributed by atoms with E-state index in [0.29, 0.717) is 0 Å². The van der Waals surface area contributed by atoms with Crippen LogP contribution in [0.25, 0.3) is 0 Å². The molecule has 74 valence electrons. The van der Waals surface area contributed by atoms with Gasteiger partial charge in [0.25, 0.3) is 0 Å². The average Bonchev–Trinajstić information content (AvgIpc) is 2.05. The minimum absolute atomic E-state index is 0.288. The zero-order chi connectivity index (χ0) is 9.90. The van der Waals surface area contributed by atoms with Gasteiger partial charge in [0, 0.05) is 0 Å². The molecule has 1 aromatic carbocycles. The van der Waals surface area contributed by atoms with Crippen molar-refractivity contribution in [3.63, 3.8) is 0 Å². The number of hydrazine groups is 1. The Balaban J connectivity index is 2.87. The SMILES string of the molecule is Cc1ccc(S(O)(O)ONN)cc1. The van der Waals surface area contributed by atoms with Crippen molar-refractivity contribution in [1.82, 2.24) is 5.59 Å². The largest absolute Gasteiger partial charge is 0.303 e. The number of hydrogen-bond donors (Lipinski definition) is 4. The van der Waals surface area contributed by atoms with Crippen molar-refractivity contribution in [3.05, 3.63) is 29.8 Å². The van der Waals surface area contributed by atoms with E-state index >= 15 is 0 Å². The highest BCUT2D eigenvalue weighted by atomic mass is 32.3. The van der Waals surface area contributed by atoms with Crippen LogP contribution in [0.2, 0.25) is 0 Å². The van der Waals surface area contributed by atoms with E-state index in [-0.39, 0.29) is 4.90 Å². The van der Waals surface area contributed by atoms with Crippen molar-refractivity contribution < 1.29 is 13.4 Å². The standard InChI is InChI=1S/C7H12N2O3S/c1-6-2-4-7(5-3-6)13(10,11)12-9-8/h2-5,9-11H,8H2,1H3. The molecule has 0 heterocycles. The molecule has 0 atom stereocenters. The number of nitrogens with one attached hydrogen (secondary N) is 1. The van der Waals surface area contributed by atoms with Crippen LogP contribution < -0.4 is 11.4 Å². The van der Waals surface area contributed by atoms with E-state index in [0.717, 1.165) is 5.56 Å². The van der Waals surface area contributed by atoms with Crippen LogP contribution in [0.15, 0.2) is 29.2 Å². The summed E-state index contributed by atoms with van der Waals surface area (Å²) in [6.07, 6.45) is 0. The monoisotopic (exact) mass is 204 g/mol.